The van der Waals surface area contributed by atoms with Crippen LogP contribution in [-0.2, 0) is 21.4 Å². The van der Waals surface area contributed by atoms with Gasteiger partial charge < -0.3 is 5.32 Å². The molecular formula is C24H30N4O3S. The van der Waals surface area contributed by atoms with Crippen LogP contribution in [0.1, 0.15) is 50.2 Å². The lowest BCUT2D eigenvalue weighted by Crippen LogP contribution is -2.30. The Morgan fingerprint density at radius 2 is 1.94 bits per heavy atom. The lowest BCUT2D eigenvalue weighted by molar-refractivity contribution is -0.117. The van der Waals surface area contributed by atoms with Crippen LogP contribution in [0.25, 0.3) is 0 Å². The Morgan fingerprint density at radius 3 is 2.72 bits per heavy atom. The SMILES string of the molecule is CCCCC(N=C1NS(=O)(=O)c2ccccc21)C(=O)Nc1cccc(CN2CCCC2)c1. The van der Waals surface area contributed by atoms with Gasteiger partial charge in [-0.3, -0.25) is 19.4 Å². The predicted molar refractivity (Wildman–Crippen MR) is 126 cm³/mol. The zero-order chi connectivity index (χ0) is 22.6. The summed E-state index contributed by atoms with van der Waals surface area (Å²) >= 11 is 0. The van der Waals surface area contributed by atoms with Crippen molar-refractivity contribution in [2.24, 2.45) is 4.99 Å². The van der Waals surface area contributed by atoms with Gasteiger partial charge in [0.2, 0.25) is 5.91 Å². The van der Waals surface area contributed by atoms with E-state index < -0.39 is 16.1 Å². The molecular weight excluding hydrogens is 424 g/mol. The van der Waals surface area contributed by atoms with E-state index in [9.17, 15) is 13.2 Å². The number of likely N-dealkylation sites (tertiary alicyclic amines) is 1. The van der Waals surface area contributed by atoms with Gasteiger partial charge in [-0.1, -0.05) is 44.0 Å². The monoisotopic (exact) mass is 454 g/mol. The highest BCUT2D eigenvalue weighted by Crippen LogP contribution is 2.24. The number of amidine groups is 1. The maximum Gasteiger partial charge on any atom is 0.263 e. The minimum atomic E-state index is -3.64. The molecule has 1 fully saturated rings. The number of fused-ring (bicyclic) bond motifs is 1. The van der Waals surface area contributed by atoms with Crippen molar-refractivity contribution in [1.29, 1.82) is 0 Å². The number of carbonyl (C=O) groups excluding carboxylic acids is 1. The van der Waals surface area contributed by atoms with Gasteiger partial charge in [0.05, 0.1) is 4.90 Å². The Kier molecular flexibility index (Phi) is 6.91. The number of hydrogen-bond donors (Lipinski definition) is 2. The van der Waals surface area contributed by atoms with Gasteiger partial charge in [-0.15, -0.1) is 0 Å². The zero-order valence-electron chi connectivity index (χ0n) is 18.4. The highest BCUT2D eigenvalue weighted by atomic mass is 32.2. The van der Waals surface area contributed by atoms with E-state index >= 15 is 0 Å². The summed E-state index contributed by atoms with van der Waals surface area (Å²) in [4.78, 5) is 20.3. The number of benzene rings is 2. The van der Waals surface area contributed by atoms with E-state index in [-0.39, 0.29) is 16.6 Å². The number of rotatable bonds is 8. The number of anilines is 1. The van der Waals surface area contributed by atoms with Crippen molar-refractivity contribution in [3.05, 3.63) is 59.7 Å². The van der Waals surface area contributed by atoms with Gasteiger partial charge in [0.15, 0.2) is 0 Å². The quantitative estimate of drug-likeness (QED) is 0.639. The first-order valence-corrected chi connectivity index (χ1v) is 12.8. The molecule has 1 amide bonds. The van der Waals surface area contributed by atoms with Crippen molar-refractivity contribution < 1.29 is 13.2 Å². The number of aliphatic imine (C=N–C) groups is 1. The van der Waals surface area contributed by atoms with Crippen molar-refractivity contribution in [1.82, 2.24) is 9.62 Å². The molecule has 0 aliphatic carbocycles. The zero-order valence-corrected chi connectivity index (χ0v) is 19.2. The summed E-state index contributed by atoms with van der Waals surface area (Å²) in [5.74, 6) is 0.00693. The van der Waals surface area contributed by atoms with Crippen LogP contribution >= 0.6 is 0 Å². The van der Waals surface area contributed by atoms with Gasteiger partial charge in [-0.2, -0.15) is 0 Å². The van der Waals surface area contributed by atoms with Crippen LogP contribution in [0, 0.1) is 0 Å². The molecule has 0 saturated carbocycles. The van der Waals surface area contributed by atoms with Crippen molar-refractivity contribution in [3.63, 3.8) is 0 Å². The van der Waals surface area contributed by atoms with Crippen LogP contribution in [0.15, 0.2) is 58.4 Å². The molecule has 0 aromatic heterocycles. The van der Waals surface area contributed by atoms with Crippen LogP contribution in [0.5, 0.6) is 0 Å². The number of nitrogens with one attached hydrogen (secondary N) is 2. The smallest absolute Gasteiger partial charge is 0.263 e. The normalized spacial score (nSPS) is 19.5. The van der Waals surface area contributed by atoms with Gasteiger partial charge in [-0.25, -0.2) is 8.42 Å². The molecule has 2 heterocycles. The third kappa shape index (κ3) is 5.19. The van der Waals surface area contributed by atoms with Crippen LogP contribution in [0.2, 0.25) is 0 Å². The maximum atomic E-state index is 13.1. The number of carbonyl (C=O) groups is 1. The predicted octanol–water partition coefficient (Wildman–Crippen LogP) is 3.52. The van der Waals surface area contributed by atoms with Gasteiger partial charge in [0.25, 0.3) is 10.0 Å². The van der Waals surface area contributed by atoms with E-state index in [1.165, 1.54) is 18.4 Å². The minimum absolute atomic E-state index is 0.197. The largest absolute Gasteiger partial charge is 0.324 e. The molecule has 1 atom stereocenters. The molecule has 4 rings (SSSR count). The fourth-order valence-electron chi connectivity index (χ4n) is 4.21. The van der Waals surface area contributed by atoms with Crippen molar-refractivity contribution >= 4 is 27.5 Å². The first-order valence-electron chi connectivity index (χ1n) is 11.3. The number of nitrogens with zero attached hydrogens (tertiary/aromatic N) is 2. The Labute approximate surface area is 190 Å². The van der Waals surface area contributed by atoms with E-state index in [1.807, 2.05) is 18.2 Å². The minimum Gasteiger partial charge on any atom is -0.324 e. The molecule has 2 aromatic rings. The average Bonchev–Trinajstić information content (AvgIpc) is 3.37. The summed E-state index contributed by atoms with van der Waals surface area (Å²) < 4.78 is 27.3. The van der Waals surface area contributed by atoms with Crippen molar-refractivity contribution in [2.75, 3.05) is 18.4 Å². The molecule has 1 saturated heterocycles. The van der Waals surface area contributed by atoms with E-state index in [1.54, 1.807) is 24.3 Å². The standard InChI is InChI=1S/C24H30N4O3S/c1-2-3-12-21(26-23-20-11-4-5-13-22(20)32(30,31)27-23)24(29)25-19-10-8-9-18(16-19)17-28-14-6-7-15-28/h4-5,8-11,13,16,21H,2-3,6-7,12,14-15,17H2,1H3,(H,25,29)(H,26,27). The molecule has 0 bridgehead atoms. The molecule has 32 heavy (non-hydrogen) atoms. The highest BCUT2D eigenvalue weighted by molar-refractivity contribution is 7.90. The van der Waals surface area contributed by atoms with Crippen LogP contribution in [-0.4, -0.2) is 44.2 Å². The van der Waals surface area contributed by atoms with Gasteiger partial charge in [-0.05, 0) is 62.2 Å². The molecule has 2 aliphatic rings. The fourth-order valence-corrected chi connectivity index (χ4v) is 5.45. The summed E-state index contributed by atoms with van der Waals surface area (Å²) in [6.45, 7) is 5.16. The van der Waals surface area contributed by atoms with Crippen molar-refractivity contribution in [3.8, 4) is 0 Å². The summed E-state index contributed by atoms with van der Waals surface area (Å²) in [6, 6.07) is 13.9. The second-order valence-electron chi connectivity index (χ2n) is 8.41. The number of sulfonamides is 1. The number of unbranched alkanes of at least 4 members (excludes halogenated alkanes) is 1. The van der Waals surface area contributed by atoms with Crippen LogP contribution < -0.4 is 10.0 Å². The molecule has 2 N–H and O–H groups in total. The summed E-state index contributed by atoms with van der Waals surface area (Å²) in [5, 5.41) is 2.99. The second kappa shape index (κ2) is 9.83. The van der Waals surface area contributed by atoms with Crippen LogP contribution in [0.4, 0.5) is 5.69 Å². The van der Waals surface area contributed by atoms with E-state index in [4.69, 9.17) is 0 Å². The molecule has 2 aromatic carbocycles. The van der Waals surface area contributed by atoms with E-state index in [2.05, 4.69) is 32.9 Å². The lowest BCUT2D eigenvalue weighted by atomic mass is 10.1. The third-order valence-corrected chi connectivity index (χ3v) is 7.28. The molecule has 7 nitrogen and oxygen atoms in total. The topological polar surface area (TPSA) is 90.9 Å². The molecule has 2 aliphatic heterocycles. The Bertz CT molecular complexity index is 1110. The molecule has 8 heteroatoms. The lowest BCUT2D eigenvalue weighted by Gasteiger charge is -2.17. The molecule has 0 radical (unpaired) electrons. The Morgan fingerprint density at radius 1 is 1.16 bits per heavy atom. The van der Waals surface area contributed by atoms with Gasteiger partial charge >= 0.3 is 0 Å². The molecule has 1 unspecified atom stereocenters. The Hall–Kier alpha value is -2.71. The van der Waals surface area contributed by atoms with Crippen molar-refractivity contribution in [2.45, 2.75) is 56.5 Å². The summed E-state index contributed by atoms with van der Waals surface area (Å²) in [7, 11) is -3.64. The average molecular weight is 455 g/mol. The molecule has 0 spiro atoms. The van der Waals surface area contributed by atoms with Gasteiger partial charge in [0, 0.05) is 17.8 Å². The maximum absolute atomic E-state index is 13.1. The van der Waals surface area contributed by atoms with Gasteiger partial charge in [0.1, 0.15) is 11.9 Å². The van der Waals surface area contributed by atoms with E-state index in [0.29, 0.717) is 12.0 Å². The first kappa shape index (κ1) is 22.5. The summed E-state index contributed by atoms with van der Waals surface area (Å²) in [6.07, 6.45) is 4.76. The van der Waals surface area contributed by atoms with E-state index in [0.717, 1.165) is 38.2 Å². The third-order valence-electron chi connectivity index (χ3n) is 5.88. The second-order valence-corrected chi connectivity index (χ2v) is 10.1. The van der Waals surface area contributed by atoms with Crippen LogP contribution in [0.3, 0.4) is 0 Å². The first-order chi connectivity index (χ1) is 15.5. The fraction of sp³-hybridized carbons (Fsp3) is 0.417. The molecule has 170 valence electrons. The number of amides is 1. The highest BCUT2D eigenvalue weighted by Gasteiger charge is 2.31. The Balaban J connectivity index is 1.53. The summed E-state index contributed by atoms with van der Waals surface area (Å²) in [5.41, 5.74) is 2.41. The number of hydrogen-bond acceptors (Lipinski definition) is 5.